The summed E-state index contributed by atoms with van der Waals surface area (Å²) in [5.41, 5.74) is 0.547. The van der Waals surface area contributed by atoms with Gasteiger partial charge in [-0.3, -0.25) is 24.0 Å². The minimum atomic E-state index is -1.60. The molecule has 9 rings (SSSR count). The Kier molecular flexibility index (Phi) is 14.8. The Hall–Kier alpha value is -5.16. The first-order valence-corrected chi connectivity index (χ1v) is 24.3. The van der Waals surface area contributed by atoms with Crippen LogP contribution in [0, 0.1) is 5.41 Å². The predicted octanol–water partition coefficient (Wildman–Crippen LogP) is 1.59. The maximum Gasteiger partial charge on any atom is 0.327 e. The smallest absolute Gasteiger partial charge is 0.327 e. The van der Waals surface area contributed by atoms with Crippen molar-refractivity contribution in [2.24, 2.45) is 5.41 Å². The van der Waals surface area contributed by atoms with Gasteiger partial charge in [0.15, 0.2) is 12.3 Å². The Morgan fingerprint density at radius 1 is 0.901 bits per heavy atom. The summed E-state index contributed by atoms with van der Waals surface area (Å²) in [6, 6.07) is 23.2. The molecule has 5 aliphatic heterocycles. The summed E-state index contributed by atoms with van der Waals surface area (Å²) >= 11 is 0. The van der Waals surface area contributed by atoms with Crippen LogP contribution in [0.5, 0.6) is 0 Å². The van der Waals surface area contributed by atoms with Gasteiger partial charge in [-0.2, -0.15) is 5.06 Å². The monoisotopic (exact) mass is 985 g/mol. The molecule has 6 fully saturated rings. The zero-order valence-electron chi connectivity index (χ0n) is 39.9. The molecule has 13 atom stereocenters. The third kappa shape index (κ3) is 9.90. The molecule has 3 aromatic rings. The lowest BCUT2D eigenvalue weighted by Crippen LogP contribution is -2.70. The van der Waals surface area contributed by atoms with Crippen molar-refractivity contribution in [2.75, 3.05) is 26.4 Å². The number of fused-ring (bicyclic) bond motifs is 4. The van der Waals surface area contributed by atoms with Crippen molar-refractivity contribution in [1.82, 2.24) is 15.3 Å². The zero-order valence-corrected chi connectivity index (χ0v) is 39.9. The lowest BCUT2D eigenvalue weighted by Gasteiger charge is -2.50. The van der Waals surface area contributed by atoms with Crippen LogP contribution in [0.25, 0.3) is 6.08 Å². The molecular formula is C52H63N3O16. The number of carbonyl (C=O) groups excluding carboxylic acids is 4. The molecule has 2 amide bonds. The van der Waals surface area contributed by atoms with Crippen molar-refractivity contribution in [3.63, 3.8) is 0 Å². The number of hydroxylamine groups is 2. The second kappa shape index (κ2) is 20.8. The summed E-state index contributed by atoms with van der Waals surface area (Å²) in [4.78, 5) is 65.5. The molecule has 0 radical (unpaired) electrons. The Bertz CT molecular complexity index is 2360. The summed E-state index contributed by atoms with van der Waals surface area (Å²) in [6.45, 7) is 4.47. The third-order valence-electron chi connectivity index (χ3n) is 14.2. The number of hydrogen-bond acceptors (Lipinski definition) is 17. The number of aliphatic hydroxyl groups is 5. The van der Waals surface area contributed by atoms with Crippen LogP contribution in [0.4, 0.5) is 0 Å². The van der Waals surface area contributed by atoms with Crippen LogP contribution in [0.2, 0.25) is 0 Å². The van der Waals surface area contributed by atoms with Crippen LogP contribution in [0.1, 0.15) is 75.1 Å². The van der Waals surface area contributed by atoms with Gasteiger partial charge in [0.1, 0.15) is 65.9 Å². The molecule has 382 valence electrons. The topological polar surface area (TPSA) is 253 Å². The third-order valence-corrected chi connectivity index (χ3v) is 14.2. The largest absolute Gasteiger partial charge is 0.460 e. The van der Waals surface area contributed by atoms with Gasteiger partial charge in [-0.1, -0.05) is 97.1 Å². The number of hydrogen-bond donors (Lipinski definition) is 6. The van der Waals surface area contributed by atoms with Crippen molar-refractivity contribution in [1.29, 1.82) is 0 Å². The molecule has 1 saturated carbocycles. The molecule has 6 N–H and O–H groups in total. The Balaban J connectivity index is 0.981. The number of benzene rings is 3. The van der Waals surface area contributed by atoms with Crippen molar-refractivity contribution >= 4 is 29.8 Å². The maximum absolute atomic E-state index is 15.7. The van der Waals surface area contributed by atoms with E-state index in [-0.39, 0.29) is 39.0 Å². The van der Waals surface area contributed by atoms with E-state index in [1.807, 2.05) is 84.9 Å². The fourth-order valence-electron chi connectivity index (χ4n) is 10.9. The Morgan fingerprint density at radius 2 is 1.58 bits per heavy atom. The number of nitrogens with one attached hydrogen (secondary N) is 1. The molecule has 0 spiro atoms. The number of ether oxygens (including phenoxy) is 6. The van der Waals surface area contributed by atoms with E-state index in [4.69, 9.17) is 33.3 Å². The summed E-state index contributed by atoms with van der Waals surface area (Å²) in [5.74, 6) is -3.59. The van der Waals surface area contributed by atoms with E-state index in [0.29, 0.717) is 24.0 Å². The molecule has 19 heteroatoms. The van der Waals surface area contributed by atoms with Crippen molar-refractivity contribution in [3.8, 4) is 0 Å². The summed E-state index contributed by atoms with van der Waals surface area (Å²) < 4.78 is 36.9. The molecule has 0 aromatic heterocycles. The first-order chi connectivity index (χ1) is 34.1. The fourth-order valence-corrected chi connectivity index (χ4v) is 10.9. The van der Waals surface area contributed by atoms with E-state index >= 15 is 4.79 Å². The highest BCUT2D eigenvalue weighted by molar-refractivity contribution is 5.96. The van der Waals surface area contributed by atoms with Gasteiger partial charge in [-0.05, 0) is 51.2 Å². The molecule has 0 unspecified atom stereocenters. The van der Waals surface area contributed by atoms with Gasteiger partial charge < -0.3 is 64.2 Å². The van der Waals surface area contributed by atoms with Crippen LogP contribution in [0.3, 0.4) is 0 Å². The SMILES string of the molecule is CC(C)(C)OC(=O)CC[C@@H](CO)NC(=O)[C@H]1CCCN1C(=O)[C@@]12C[C@H]3OC(=O)[C@@H]1N(Cc1ccc(C=CCO[C@H]4O[C@H](CO)[C@H](O)[C@H](O)[C@H]4O)cc1)O[C@@H]2[C@H]1OC(c2ccccc2)(c2ccccc2)O[C@H]13. The number of carbonyl (C=O) groups is 4. The van der Waals surface area contributed by atoms with E-state index in [9.17, 15) is 39.9 Å². The molecule has 1 aliphatic carbocycles. The van der Waals surface area contributed by atoms with Crippen molar-refractivity contribution in [2.45, 2.75) is 144 Å². The van der Waals surface area contributed by atoms with Crippen molar-refractivity contribution in [3.05, 3.63) is 113 Å². The molecule has 6 aliphatic rings. The van der Waals surface area contributed by atoms with Crippen LogP contribution >= 0.6 is 0 Å². The van der Waals surface area contributed by atoms with Gasteiger partial charge in [-0.15, -0.1) is 0 Å². The number of rotatable bonds is 16. The Morgan fingerprint density at radius 3 is 2.23 bits per heavy atom. The molecule has 71 heavy (non-hydrogen) atoms. The number of amides is 2. The zero-order chi connectivity index (χ0) is 50.2. The first-order valence-electron chi connectivity index (χ1n) is 24.3. The number of esters is 2. The van der Waals surface area contributed by atoms with Crippen molar-refractivity contribution < 1.29 is 78.0 Å². The highest BCUT2D eigenvalue weighted by atomic mass is 16.8. The second-order valence-electron chi connectivity index (χ2n) is 20.1. The van der Waals surface area contributed by atoms with E-state index in [0.717, 1.165) is 11.1 Å². The lowest BCUT2D eigenvalue weighted by atomic mass is 9.62. The highest BCUT2D eigenvalue weighted by Crippen LogP contribution is 2.60. The van der Waals surface area contributed by atoms with E-state index in [1.165, 1.54) is 9.96 Å². The average molecular weight is 986 g/mol. The summed E-state index contributed by atoms with van der Waals surface area (Å²) in [5, 5.41) is 54.6. The van der Waals surface area contributed by atoms with Crippen LogP contribution in [-0.4, -0.2) is 164 Å². The van der Waals surface area contributed by atoms with Crippen LogP contribution in [-0.2, 0) is 64.8 Å². The van der Waals surface area contributed by atoms with Crippen LogP contribution in [0.15, 0.2) is 91.0 Å². The van der Waals surface area contributed by atoms with Gasteiger partial charge in [0.2, 0.25) is 17.6 Å². The van der Waals surface area contributed by atoms with E-state index < -0.39 is 127 Å². The van der Waals surface area contributed by atoms with Crippen LogP contribution < -0.4 is 5.32 Å². The minimum Gasteiger partial charge on any atom is -0.460 e. The molecule has 5 heterocycles. The predicted molar refractivity (Wildman–Crippen MR) is 249 cm³/mol. The van der Waals surface area contributed by atoms with Gasteiger partial charge in [0.05, 0.1) is 32.4 Å². The average Bonchev–Trinajstić information content (AvgIpc) is 4.11. The lowest BCUT2D eigenvalue weighted by molar-refractivity contribution is -0.298. The van der Waals surface area contributed by atoms with E-state index in [2.05, 4.69) is 5.32 Å². The molecule has 5 saturated heterocycles. The van der Waals surface area contributed by atoms with Gasteiger partial charge in [0, 0.05) is 30.5 Å². The van der Waals surface area contributed by atoms with Gasteiger partial charge in [0.25, 0.3) is 0 Å². The number of aliphatic hydroxyl groups excluding tert-OH is 5. The first kappa shape index (κ1) is 50.8. The second-order valence-corrected chi connectivity index (χ2v) is 20.1. The van der Waals surface area contributed by atoms with E-state index in [1.54, 1.807) is 32.9 Å². The quantitative estimate of drug-likeness (QED) is 0.112. The molecule has 2 bridgehead atoms. The maximum atomic E-state index is 15.7. The highest BCUT2D eigenvalue weighted by Gasteiger charge is 2.77. The van der Waals surface area contributed by atoms with Gasteiger partial charge >= 0.3 is 11.9 Å². The minimum absolute atomic E-state index is 0.0164. The standard InChI is InChI=1S/C52H63N3O16/c1-50(2,3)68-38(58)23-22-34(28-56)53-46(62)35-17-10-24-54(35)49(64)51-26-36-42-43(70-52(69-42,32-13-6-4-7-14-32)33-15-8-5-9-16-33)45(51)71-55(44(51)47(63)66-36)27-31-20-18-30(19-21-31)12-11-25-65-48-41(61)40(60)39(59)37(29-57)67-48/h4-9,11-16,18-21,34-37,39-45,48,56-57,59-61H,10,17,22-29H2,1-3H3,(H,53,62)/t34-,35+,36+,37+,39-,40-,41+,42-,43-,44-,45+,48-,51-/m0/s1. The molecular weight excluding hydrogens is 923 g/mol. The Labute approximate surface area is 411 Å². The normalized spacial score (nSPS) is 32.6. The summed E-state index contributed by atoms with van der Waals surface area (Å²) in [6.07, 6.45) is -6.47. The fraction of sp³-hybridized carbons (Fsp3) is 0.538. The molecule has 3 aromatic carbocycles. The van der Waals surface area contributed by atoms with Gasteiger partial charge in [-0.25, -0.2) is 0 Å². The molecule has 19 nitrogen and oxygen atoms in total. The summed E-state index contributed by atoms with van der Waals surface area (Å²) in [7, 11) is 0. The number of nitrogens with zero attached hydrogens (tertiary/aromatic N) is 2. The number of likely N-dealkylation sites (tertiary alicyclic amines) is 1.